The maximum atomic E-state index is 13.2. The fourth-order valence-electron chi connectivity index (χ4n) is 3.39. The number of carbonyl (C=O) groups excluding carboxylic acids is 2. The van der Waals surface area contributed by atoms with Crippen molar-refractivity contribution in [3.63, 3.8) is 0 Å². The predicted molar refractivity (Wildman–Crippen MR) is 127 cm³/mol. The second-order valence-electron chi connectivity index (χ2n) is 7.59. The van der Waals surface area contributed by atoms with E-state index in [1.165, 1.54) is 0 Å². The van der Waals surface area contributed by atoms with Gasteiger partial charge in [0.1, 0.15) is 17.7 Å². The van der Waals surface area contributed by atoms with Crippen molar-refractivity contribution in [2.45, 2.75) is 19.5 Å². The minimum Gasteiger partial charge on any atom is -0.506 e. The summed E-state index contributed by atoms with van der Waals surface area (Å²) in [6, 6.07) is 14.7. The Labute approximate surface area is 204 Å². The number of hydrogen-bond acceptors (Lipinski definition) is 6. The molecule has 0 bridgehead atoms. The molecule has 2 aromatic carbocycles. The zero-order valence-electron chi connectivity index (χ0n) is 18.5. The topological polar surface area (TPSA) is 158 Å². The lowest BCUT2D eigenvalue weighted by Crippen LogP contribution is -2.37. The first kappa shape index (κ1) is 25.3. The molecular formula is C24H22ClN3O7. The molecule has 0 aliphatic rings. The highest BCUT2D eigenvalue weighted by atomic mass is 35.5. The quantitative estimate of drug-likeness (QED) is 0.318. The normalized spacial score (nSPS) is 11.5. The summed E-state index contributed by atoms with van der Waals surface area (Å²) in [5, 5.41) is 35.1. The number of carboxylic acid groups (broad SMARTS) is 1. The molecule has 182 valence electrons. The number of carbonyl (C=O) groups is 3. The SMILES string of the molecule is C[C@@H](NC(=O)c1c(O)c(C(=O)NCC(=O)O)c(O)n(Cc2ccccc2Cl)c1=O)c1ccccc1. The van der Waals surface area contributed by atoms with Crippen molar-refractivity contribution in [1.82, 2.24) is 15.2 Å². The predicted octanol–water partition coefficient (Wildman–Crippen LogP) is 2.27. The first-order valence-corrected chi connectivity index (χ1v) is 10.8. The van der Waals surface area contributed by atoms with Crippen LogP contribution in [0.1, 0.15) is 44.8 Å². The van der Waals surface area contributed by atoms with E-state index in [1.807, 2.05) is 5.32 Å². The van der Waals surface area contributed by atoms with Crippen LogP contribution < -0.4 is 16.2 Å². The van der Waals surface area contributed by atoms with Gasteiger partial charge in [0.25, 0.3) is 17.4 Å². The van der Waals surface area contributed by atoms with Crippen LogP contribution in [0.3, 0.4) is 0 Å². The molecule has 1 heterocycles. The standard InChI is InChI=1S/C24H22ClN3O7/c1-13(14-7-3-2-4-8-14)27-22(33)19-20(31)18(21(32)26-11-17(29)30)23(34)28(24(19)35)12-15-9-5-6-10-16(15)25/h2-10,13,31,34H,11-12H2,1H3,(H,26,32)(H,27,33)(H,29,30)/t13-/m1/s1. The third-order valence-electron chi connectivity index (χ3n) is 5.20. The summed E-state index contributed by atoms with van der Waals surface area (Å²) < 4.78 is 0.707. The number of nitrogens with zero attached hydrogens (tertiary/aromatic N) is 1. The van der Waals surface area contributed by atoms with Crippen LogP contribution in [0, 0.1) is 0 Å². The molecule has 5 N–H and O–H groups in total. The van der Waals surface area contributed by atoms with Crippen LogP contribution >= 0.6 is 11.6 Å². The highest BCUT2D eigenvalue weighted by Gasteiger charge is 2.30. The molecule has 0 spiro atoms. The van der Waals surface area contributed by atoms with Crippen molar-refractivity contribution in [3.8, 4) is 11.6 Å². The maximum absolute atomic E-state index is 13.2. The van der Waals surface area contributed by atoms with Gasteiger partial charge in [-0.15, -0.1) is 0 Å². The van der Waals surface area contributed by atoms with Crippen LogP contribution in [0.25, 0.3) is 0 Å². The minimum absolute atomic E-state index is 0.257. The van der Waals surface area contributed by atoms with E-state index in [2.05, 4.69) is 5.32 Å². The van der Waals surface area contributed by atoms with Crippen LogP contribution in [-0.2, 0) is 11.3 Å². The largest absolute Gasteiger partial charge is 0.506 e. The monoisotopic (exact) mass is 499 g/mol. The molecule has 0 radical (unpaired) electrons. The average molecular weight is 500 g/mol. The Morgan fingerprint density at radius 1 is 0.971 bits per heavy atom. The van der Waals surface area contributed by atoms with Gasteiger partial charge in [0.2, 0.25) is 5.88 Å². The molecule has 3 rings (SSSR count). The lowest BCUT2D eigenvalue weighted by molar-refractivity contribution is -0.135. The van der Waals surface area contributed by atoms with Crippen molar-refractivity contribution in [3.05, 3.63) is 92.2 Å². The van der Waals surface area contributed by atoms with Gasteiger partial charge in [0.05, 0.1) is 12.6 Å². The molecule has 0 aliphatic heterocycles. The third-order valence-corrected chi connectivity index (χ3v) is 5.57. The van der Waals surface area contributed by atoms with Gasteiger partial charge < -0.3 is 26.0 Å². The van der Waals surface area contributed by atoms with E-state index in [-0.39, 0.29) is 11.6 Å². The van der Waals surface area contributed by atoms with Gasteiger partial charge in [-0.3, -0.25) is 23.7 Å². The second-order valence-corrected chi connectivity index (χ2v) is 7.99. The number of hydrogen-bond donors (Lipinski definition) is 5. The zero-order valence-corrected chi connectivity index (χ0v) is 19.2. The number of aliphatic carboxylic acids is 1. The number of halogens is 1. The molecule has 0 fully saturated rings. The van der Waals surface area contributed by atoms with Crippen molar-refractivity contribution in [1.29, 1.82) is 0 Å². The van der Waals surface area contributed by atoms with Crippen LogP contribution in [0.15, 0.2) is 59.4 Å². The molecule has 35 heavy (non-hydrogen) atoms. The number of nitrogens with one attached hydrogen (secondary N) is 2. The summed E-state index contributed by atoms with van der Waals surface area (Å²) in [5.74, 6) is -5.60. The van der Waals surface area contributed by atoms with Gasteiger partial charge in [-0.05, 0) is 24.1 Å². The van der Waals surface area contributed by atoms with Crippen molar-refractivity contribution in [2.75, 3.05) is 6.54 Å². The first-order chi connectivity index (χ1) is 16.6. The van der Waals surface area contributed by atoms with Gasteiger partial charge in [0.15, 0.2) is 5.75 Å². The van der Waals surface area contributed by atoms with E-state index < -0.39 is 58.7 Å². The van der Waals surface area contributed by atoms with Gasteiger partial charge in [-0.1, -0.05) is 60.1 Å². The summed E-state index contributed by atoms with van der Waals surface area (Å²) in [7, 11) is 0. The van der Waals surface area contributed by atoms with E-state index in [0.29, 0.717) is 10.1 Å². The number of aromatic nitrogens is 1. The van der Waals surface area contributed by atoms with Gasteiger partial charge in [-0.25, -0.2) is 0 Å². The Morgan fingerprint density at radius 3 is 2.23 bits per heavy atom. The molecule has 1 aromatic heterocycles. The molecule has 2 amide bonds. The summed E-state index contributed by atoms with van der Waals surface area (Å²) in [6.45, 7) is 0.500. The van der Waals surface area contributed by atoms with Crippen molar-refractivity contribution >= 4 is 29.4 Å². The molecular weight excluding hydrogens is 478 g/mol. The highest BCUT2D eigenvalue weighted by Crippen LogP contribution is 2.30. The fourth-order valence-corrected chi connectivity index (χ4v) is 3.59. The fraction of sp³-hybridized carbons (Fsp3) is 0.167. The molecule has 0 aliphatic carbocycles. The van der Waals surface area contributed by atoms with Crippen LogP contribution in [0.5, 0.6) is 11.6 Å². The summed E-state index contributed by atoms with van der Waals surface area (Å²) >= 11 is 6.17. The minimum atomic E-state index is -1.38. The molecule has 0 unspecified atom stereocenters. The second kappa shape index (κ2) is 10.7. The lowest BCUT2D eigenvalue weighted by Gasteiger charge is -2.19. The lowest BCUT2D eigenvalue weighted by atomic mass is 10.1. The number of aromatic hydroxyl groups is 2. The van der Waals surface area contributed by atoms with Crippen LogP contribution in [-0.4, -0.2) is 44.2 Å². The van der Waals surface area contributed by atoms with Crippen molar-refractivity contribution in [2.24, 2.45) is 0 Å². The number of carboxylic acids is 1. The number of pyridine rings is 1. The smallest absolute Gasteiger partial charge is 0.322 e. The van der Waals surface area contributed by atoms with Gasteiger partial charge >= 0.3 is 5.97 Å². The Morgan fingerprint density at radius 2 is 1.60 bits per heavy atom. The van der Waals surface area contributed by atoms with E-state index in [0.717, 1.165) is 5.56 Å². The molecule has 0 saturated carbocycles. The Bertz CT molecular complexity index is 1340. The zero-order chi connectivity index (χ0) is 25.7. The number of amides is 2. The molecule has 11 heteroatoms. The van der Waals surface area contributed by atoms with E-state index in [9.17, 15) is 29.4 Å². The van der Waals surface area contributed by atoms with Crippen LogP contribution in [0.2, 0.25) is 5.02 Å². The molecule has 1 atom stereocenters. The summed E-state index contributed by atoms with van der Waals surface area (Å²) in [5.41, 5.74) is -1.59. The maximum Gasteiger partial charge on any atom is 0.322 e. The Kier molecular flexibility index (Phi) is 7.77. The Balaban J connectivity index is 2.12. The van der Waals surface area contributed by atoms with Crippen LogP contribution in [0.4, 0.5) is 0 Å². The Hall–Kier alpha value is -4.31. The van der Waals surface area contributed by atoms with Crippen molar-refractivity contribution < 1.29 is 29.7 Å². The van der Waals surface area contributed by atoms with E-state index >= 15 is 0 Å². The summed E-state index contributed by atoms with van der Waals surface area (Å²) in [6.07, 6.45) is 0. The molecule has 0 saturated heterocycles. The molecule has 10 nitrogen and oxygen atoms in total. The molecule has 3 aromatic rings. The average Bonchev–Trinajstić information content (AvgIpc) is 2.82. The van der Waals surface area contributed by atoms with Gasteiger partial charge in [-0.2, -0.15) is 0 Å². The highest BCUT2D eigenvalue weighted by molar-refractivity contribution is 6.31. The number of rotatable bonds is 8. The first-order valence-electron chi connectivity index (χ1n) is 10.4. The third kappa shape index (κ3) is 5.61. The number of benzene rings is 2. The summed E-state index contributed by atoms with van der Waals surface area (Å²) in [4.78, 5) is 49.8. The van der Waals surface area contributed by atoms with E-state index in [1.54, 1.807) is 61.5 Å². The van der Waals surface area contributed by atoms with E-state index in [4.69, 9.17) is 16.7 Å². The van der Waals surface area contributed by atoms with Gasteiger partial charge in [0, 0.05) is 5.02 Å².